The average Bonchev–Trinajstić information content (AvgIpc) is 3.10. The number of hydrogen-bond donors (Lipinski definition) is 0. The molecule has 1 aliphatic rings. The van der Waals surface area contributed by atoms with Gasteiger partial charge in [0.15, 0.2) is 11.0 Å². The van der Waals surface area contributed by atoms with Crippen molar-refractivity contribution in [3.63, 3.8) is 0 Å². The van der Waals surface area contributed by atoms with Crippen molar-refractivity contribution in [2.75, 3.05) is 0 Å². The molecule has 5 heteroatoms. The van der Waals surface area contributed by atoms with Crippen molar-refractivity contribution in [3.05, 3.63) is 17.5 Å². The highest BCUT2D eigenvalue weighted by molar-refractivity contribution is 7.99. The fourth-order valence-electron chi connectivity index (χ4n) is 2.40. The Kier molecular flexibility index (Phi) is 3.70. The molecule has 1 saturated carbocycles. The van der Waals surface area contributed by atoms with Crippen molar-refractivity contribution < 1.29 is 0 Å². The van der Waals surface area contributed by atoms with Gasteiger partial charge in [0.25, 0.3) is 0 Å². The number of nitrogens with zero attached hydrogens (tertiary/aromatic N) is 3. The lowest BCUT2D eigenvalue weighted by Gasteiger charge is -2.09. The van der Waals surface area contributed by atoms with Crippen molar-refractivity contribution in [2.24, 2.45) is 0 Å². The van der Waals surface area contributed by atoms with Gasteiger partial charge in [0.2, 0.25) is 0 Å². The summed E-state index contributed by atoms with van der Waals surface area (Å²) in [6.07, 6.45) is 5.40. The van der Waals surface area contributed by atoms with E-state index in [1.807, 2.05) is 11.8 Å². The zero-order valence-corrected chi connectivity index (χ0v) is 12.1. The zero-order valence-electron chi connectivity index (χ0n) is 10.5. The predicted molar refractivity (Wildman–Crippen MR) is 77.1 cm³/mol. The fourth-order valence-corrected chi connectivity index (χ4v) is 4.42. The van der Waals surface area contributed by atoms with Gasteiger partial charge in [0, 0.05) is 11.8 Å². The van der Waals surface area contributed by atoms with Crippen LogP contribution in [0.3, 0.4) is 0 Å². The first kappa shape index (κ1) is 12.2. The maximum Gasteiger partial charge on any atom is 0.191 e. The van der Waals surface area contributed by atoms with Crippen LogP contribution in [0.5, 0.6) is 0 Å². The van der Waals surface area contributed by atoms with Crippen molar-refractivity contribution in [1.29, 1.82) is 0 Å². The molecule has 96 valence electrons. The molecule has 0 spiro atoms. The third-order valence-corrected chi connectivity index (χ3v) is 5.53. The summed E-state index contributed by atoms with van der Waals surface area (Å²) in [5.74, 6) is 1.02. The molecule has 0 saturated heterocycles. The zero-order chi connectivity index (χ0) is 12.4. The summed E-state index contributed by atoms with van der Waals surface area (Å²) in [4.78, 5) is 1.21. The van der Waals surface area contributed by atoms with Gasteiger partial charge in [0.05, 0.1) is 4.88 Å². The minimum atomic E-state index is 0.746. The second kappa shape index (κ2) is 5.45. The molecule has 3 nitrogen and oxygen atoms in total. The van der Waals surface area contributed by atoms with Crippen molar-refractivity contribution in [3.8, 4) is 10.7 Å². The summed E-state index contributed by atoms with van der Waals surface area (Å²) in [7, 11) is 0. The van der Waals surface area contributed by atoms with E-state index in [4.69, 9.17) is 0 Å². The monoisotopic (exact) mass is 279 g/mol. The van der Waals surface area contributed by atoms with Crippen LogP contribution in [0, 0.1) is 0 Å². The molecule has 3 rings (SSSR count). The molecule has 0 atom stereocenters. The first-order valence-corrected chi connectivity index (χ1v) is 8.28. The second-order valence-corrected chi connectivity index (χ2v) is 6.77. The SMILES string of the molecule is CCn1c(SC2CCCC2)nnc1-c1cccs1. The van der Waals surface area contributed by atoms with Gasteiger partial charge in [-0.05, 0) is 31.2 Å². The quantitative estimate of drug-likeness (QED) is 0.845. The molecule has 0 bridgehead atoms. The van der Waals surface area contributed by atoms with Gasteiger partial charge >= 0.3 is 0 Å². The highest BCUT2D eigenvalue weighted by Crippen LogP contribution is 2.35. The van der Waals surface area contributed by atoms with E-state index in [1.165, 1.54) is 30.6 Å². The van der Waals surface area contributed by atoms with E-state index in [1.54, 1.807) is 11.3 Å². The molecule has 2 heterocycles. The fraction of sp³-hybridized carbons (Fsp3) is 0.538. The van der Waals surface area contributed by atoms with Crippen molar-refractivity contribution in [2.45, 2.75) is 49.6 Å². The minimum Gasteiger partial charge on any atom is -0.302 e. The van der Waals surface area contributed by atoms with E-state index in [0.717, 1.165) is 22.8 Å². The standard InChI is InChI=1S/C13H17N3S2/c1-2-16-12(11-8-5-9-17-11)14-15-13(16)18-10-6-3-4-7-10/h5,8-10H,2-4,6-7H2,1H3. The van der Waals surface area contributed by atoms with E-state index in [-0.39, 0.29) is 0 Å². The van der Waals surface area contributed by atoms with Crippen LogP contribution in [-0.2, 0) is 6.54 Å². The van der Waals surface area contributed by atoms with Gasteiger partial charge in [-0.1, -0.05) is 30.7 Å². The molecule has 1 fully saturated rings. The molecule has 2 aromatic rings. The highest BCUT2D eigenvalue weighted by atomic mass is 32.2. The van der Waals surface area contributed by atoms with Crippen LogP contribution >= 0.6 is 23.1 Å². The Morgan fingerprint density at radius 3 is 2.89 bits per heavy atom. The van der Waals surface area contributed by atoms with E-state index < -0.39 is 0 Å². The van der Waals surface area contributed by atoms with Crippen LogP contribution in [0.2, 0.25) is 0 Å². The molecular weight excluding hydrogens is 262 g/mol. The number of thioether (sulfide) groups is 1. The highest BCUT2D eigenvalue weighted by Gasteiger charge is 2.21. The van der Waals surface area contributed by atoms with Crippen LogP contribution < -0.4 is 0 Å². The van der Waals surface area contributed by atoms with Gasteiger partial charge in [0.1, 0.15) is 0 Å². The minimum absolute atomic E-state index is 0.746. The van der Waals surface area contributed by atoms with Gasteiger partial charge in [-0.15, -0.1) is 21.5 Å². The molecule has 0 N–H and O–H groups in total. The van der Waals surface area contributed by atoms with Gasteiger partial charge < -0.3 is 4.57 Å². The summed E-state index contributed by atoms with van der Waals surface area (Å²) in [5.41, 5.74) is 0. The Balaban J connectivity index is 1.86. The van der Waals surface area contributed by atoms with E-state index in [9.17, 15) is 0 Å². The Morgan fingerprint density at radius 1 is 1.39 bits per heavy atom. The van der Waals surface area contributed by atoms with Crippen LogP contribution in [-0.4, -0.2) is 20.0 Å². The van der Waals surface area contributed by atoms with E-state index >= 15 is 0 Å². The summed E-state index contributed by atoms with van der Waals surface area (Å²) in [6, 6.07) is 4.18. The summed E-state index contributed by atoms with van der Waals surface area (Å²) < 4.78 is 2.24. The molecular formula is C13H17N3S2. The van der Waals surface area contributed by atoms with E-state index in [0.29, 0.717) is 0 Å². The average molecular weight is 279 g/mol. The van der Waals surface area contributed by atoms with Crippen LogP contribution in [0.15, 0.2) is 22.7 Å². The molecule has 0 unspecified atom stereocenters. The van der Waals surface area contributed by atoms with Crippen LogP contribution in [0.4, 0.5) is 0 Å². The lowest BCUT2D eigenvalue weighted by Crippen LogP contribution is -2.02. The maximum absolute atomic E-state index is 4.39. The van der Waals surface area contributed by atoms with Gasteiger partial charge in [-0.25, -0.2) is 0 Å². The normalized spacial score (nSPS) is 16.5. The Morgan fingerprint density at radius 2 is 2.22 bits per heavy atom. The Hall–Kier alpha value is -0.810. The third-order valence-electron chi connectivity index (χ3n) is 3.35. The van der Waals surface area contributed by atoms with Crippen molar-refractivity contribution >= 4 is 23.1 Å². The Labute approximate surface area is 116 Å². The third kappa shape index (κ3) is 2.34. The van der Waals surface area contributed by atoms with Gasteiger partial charge in [-0.3, -0.25) is 0 Å². The molecule has 0 aliphatic heterocycles. The molecule has 0 aromatic carbocycles. The second-order valence-electron chi connectivity index (χ2n) is 4.55. The topological polar surface area (TPSA) is 30.7 Å². The molecule has 0 amide bonds. The molecule has 18 heavy (non-hydrogen) atoms. The summed E-state index contributed by atoms with van der Waals surface area (Å²) in [6.45, 7) is 3.11. The molecule has 1 aliphatic carbocycles. The Bertz CT molecular complexity index is 498. The first-order chi connectivity index (χ1) is 8.88. The number of hydrogen-bond acceptors (Lipinski definition) is 4. The van der Waals surface area contributed by atoms with Crippen LogP contribution in [0.25, 0.3) is 10.7 Å². The summed E-state index contributed by atoms with van der Waals surface area (Å²) >= 11 is 3.64. The maximum atomic E-state index is 4.39. The largest absolute Gasteiger partial charge is 0.302 e. The van der Waals surface area contributed by atoms with Crippen molar-refractivity contribution in [1.82, 2.24) is 14.8 Å². The number of rotatable bonds is 4. The van der Waals surface area contributed by atoms with Gasteiger partial charge in [-0.2, -0.15) is 0 Å². The smallest absolute Gasteiger partial charge is 0.191 e. The first-order valence-electron chi connectivity index (χ1n) is 6.52. The number of thiophene rings is 1. The molecule has 2 aromatic heterocycles. The summed E-state index contributed by atoms with van der Waals surface area (Å²) in [5, 5.41) is 12.7. The van der Waals surface area contributed by atoms with Crippen LogP contribution in [0.1, 0.15) is 32.6 Å². The molecule has 0 radical (unpaired) electrons. The predicted octanol–water partition coefficient (Wildman–Crippen LogP) is 4.06. The number of aromatic nitrogens is 3. The van der Waals surface area contributed by atoms with E-state index in [2.05, 4.69) is 39.2 Å². The lowest BCUT2D eigenvalue weighted by atomic mass is 10.4. The lowest BCUT2D eigenvalue weighted by molar-refractivity contribution is 0.684.